The van der Waals surface area contributed by atoms with Gasteiger partial charge in [0.15, 0.2) is 0 Å². The summed E-state index contributed by atoms with van der Waals surface area (Å²) in [5.41, 5.74) is 7.37. The Morgan fingerprint density at radius 2 is 1.92 bits per heavy atom. The first-order valence-corrected chi connectivity index (χ1v) is 4.67. The van der Waals surface area contributed by atoms with Crippen LogP contribution in [0.3, 0.4) is 0 Å². The third-order valence-corrected chi connectivity index (χ3v) is 2.11. The third-order valence-electron chi connectivity index (χ3n) is 2.11. The predicted molar refractivity (Wildman–Crippen MR) is 53.3 cm³/mol. The molecule has 0 aliphatic rings. The molecule has 2 N–H and O–H groups in total. The molecule has 0 saturated heterocycles. The highest BCUT2D eigenvalue weighted by Crippen LogP contribution is 2.16. The van der Waals surface area contributed by atoms with Crippen molar-refractivity contribution in [3.8, 4) is 0 Å². The lowest BCUT2D eigenvalue weighted by atomic mass is 10.1. The second-order valence-corrected chi connectivity index (χ2v) is 3.25. The molecule has 0 radical (unpaired) electrons. The average Bonchev–Trinajstić information content (AvgIpc) is 2.15. The van der Waals surface area contributed by atoms with Gasteiger partial charge >= 0.3 is 0 Å². The molecule has 0 aliphatic carbocycles. The predicted octanol–water partition coefficient (Wildman–Crippen LogP) is 2.61. The molecule has 0 bridgehead atoms. The van der Waals surface area contributed by atoms with Crippen molar-refractivity contribution in [2.45, 2.75) is 25.9 Å². The molecular weight excluding hydrogens is 165 g/mol. The van der Waals surface area contributed by atoms with E-state index in [0.29, 0.717) is 6.54 Å². The lowest BCUT2D eigenvalue weighted by Crippen LogP contribution is -2.00. The van der Waals surface area contributed by atoms with Crippen molar-refractivity contribution in [2.24, 2.45) is 5.73 Å². The standard InChI is InChI=1S/C11H16FN/c1-9(12)11-6-4-10(5-7-11)3-2-8-13/h4-7,9H,2-3,8,13H2,1H3. The van der Waals surface area contributed by atoms with Gasteiger partial charge in [0.05, 0.1) is 0 Å². The Morgan fingerprint density at radius 1 is 1.31 bits per heavy atom. The molecule has 0 fully saturated rings. The van der Waals surface area contributed by atoms with Crippen LogP contribution in [-0.2, 0) is 6.42 Å². The fourth-order valence-electron chi connectivity index (χ4n) is 1.26. The molecule has 1 aromatic carbocycles. The highest BCUT2D eigenvalue weighted by atomic mass is 19.1. The zero-order valence-corrected chi connectivity index (χ0v) is 7.96. The van der Waals surface area contributed by atoms with E-state index in [4.69, 9.17) is 5.73 Å². The molecule has 0 aliphatic heterocycles. The van der Waals surface area contributed by atoms with Gasteiger partial charge in [-0.15, -0.1) is 0 Å². The van der Waals surface area contributed by atoms with E-state index in [-0.39, 0.29) is 0 Å². The maximum atomic E-state index is 12.8. The summed E-state index contributed by atoms with van der Waals surface area (Å²) in [5.74, 6) is 0. The van der Waals surface area contributed by atoms with Crippen molar-refractivity contribution in [1.82, 2.24) is 0 Å². The van der Waals surface area contributed by atoms with E-state index in [1.54, 1.807) is 6.92 Å². The van der Waals surface area contributed by atoms with E-state index in [1.807, 2.05) is 24.3 Å². The van der Waals surface area contributed by atoms with Crippen LogP contribution in [0, 0.1) is 0 Å². The second kappa shape index (κ2) is 4.97. The maximum Gasteiger partial charge on any atom is 0.122 e. The van der Waals surface area contributed by atoms with Crippen LogP contribution >= 0.6 is 0 Å². The van der Waals surface area contributed by atoms with Crippen molar-refractivity contribution in [1.29, 1.82) is 0 Å². The summed E-state index contributed by atoms with van der Waals surface area (Å²) in [6, 6.07) is 7.63. The van der Waals surface area contributed by atoms with Crippen molar-refractivity contribution in [2.75, 3.05) is 6.54 Å². The molecule has 13 heavy (non-hydrogen) atoms. The van der Waals surface area contributed by atoms with E-state index in [9.17, 15) is 4.39 Å². The molecule has 1 nitrogen and oxygen atoms in total. The minimum atomic E-state index is -0.872. The van der Waals surface area contributed by atoms with E-state index in [2.05, 4.69) is 0 Å². The number of aryl methyl sites for hydroxylation is 1. The minimum absolute atomic E-state index is 0.710. The van der Waals surface area contributed by atoms with E-state index >= 15 is 0 Å². The smallest absolute Gasteiger partial charge is 0.122 e. The summed E-state index contributed by atoms with van der Waals surface area (Å²) in [5, 5.41) is 0. The summed E-state index contributed by atoms with van der Waals surface area (Å²) in [6.45, 7) is 2.26. The Hall–Kier alpha value is -0.890. The molecule has 0 aromatic heterocycles. The fourth-order valence-corrected chi connectivity index (χ4v) is 1.26. The molecule has 1 unspecified atom stereocenters. The number of halogens is 1. The molecule has 0 amide bonds. The summed E-state index contributed by atoms with van der Waals surface area (Å²) in [7, 11) is 0. The Bertz CT molecular complexity index is 241. The lowest BCUT2D eigenvalue weighted by molar-refractivity contribution is 0.374. The molecule has 0 spiro atoms. The van der Waals surface area contributed by atoms with Crippen LogP contribution in [0.15, 0.2) is 24.3 Å². The van der Waals surface area contributed by atoms with E-state index in [0.717, 1.165) is 18.4 Å². The topological polar surface area (TPSA) is 26.0 Å². The molecule has 1 atom stereocenters. The fraction of sp³-hybridized carbons (Fsp3) is 0.455. The lowest BCUT2D eigenvalue weighted by Gasteiger charge is -2.03. The average molecular weight is 181 g/mol. The van der Waals surface area contributed by atoms with Crippen molar-refractivity contribution < 1.29 is 4.39 Å². The Balaban J connectivity index is 2.59. The molecule has 1 rings (SSSR count). The Labute approximate surface area is 78.8 Å². The minimum Gasteiger partial charge on any atom is -0.330 e. The highest BCUT2D eigenvalue weighted by molar-refractivity contribution is 5.23. The maximum absolute atomic E-state index is 12.8. The number of hydrogen-bond acceptors (Lipinski definition) is 1. The SMILES string of the molecule is CC(F)c1ccc(CCCN)cc1. The van der Waals surface area contributed by atoms with Gasteiger partial charge in [0.25, 0.3) is 0 Å². The number of alkyl halides is 1. The van der Waals surface area contributed by atoms with Crippen LogP contribution in [-0.4, -0.2) is 6.54 Å². The van der Waals surface area contributed by atoms with Gasteiger partial charge in [-0.05, 0) is 37.4 Å². The van der Waals surface area contributed by atoms with Gasteiger partial charge in [0, 0.05) is 0 Å². The zero-order chi connectivity index (χ0) is 9.68. The zero-order valence-electron chi connectivity index (χ0n) is 7.96. The van der Waals surface area contributed by atoms with Crippen molar-refractivity contribution in [3.05, 3.63) is 35.4 Å². The normalized spacial score (nSPS) is 12.8. The first-order chi connectivity index (χ1) is 6.24. The van der Waals surface area contributed by atoms with Crippen LogP contribution in [0.4, 0.5) is 4.39 Å². The summed E-state index contributed by atoms with van der Waals surface area (Å²) in [6.07, 6.45) is 1.10. The number of nitrogens with two attached hydrogens (primary N) is 1. The number of rotatable bonds is 4. The van der Waals surface area contributed by atoms with Gasteiger partial charge in [0.2, 0.25) is 0 Å². The van der Waals surface area contributed by atoms with Gasteiger partial charge in [-0.2, -0.15) is 0 Å². The van der Waals surface area contributed by atoms with Crippen LogP contribution in [0.1, 0.15) is 30.6 Å². The quantitative estimate of drug-likeness (QED) is 0.759. The van der Waals surface area contributed by atoms with Crippen LogP contribution in [0.25, 0.3) is 0 Å². The van der Waals surface area contributed by atoms with Crippen molar-refractivity contribution in [3.63, 3.8) is 0 Å². The summed E-state index contributed by atoms with van der Waals surface area (Å²) >= 11 is 0. The van der Waals surface area contributed by atoms with Gasteiger partial charge in [-0.3, -0.25) is 0 Å². The Morgan fingerprint density at radius 3 is 2.38 bits per heavy atom. The first-order valence-electron chi connectivity index (χ1n) is 4.67. The molecule has 1 aromatic rings. The molecule has 0 heterocycles. The summed E-state index contributed by atoms with van der Waals surface area (Å²) < 4.78 is 12.8. The summed E-state index contributed by atoms with van der Waals surface area (Å²) in [4.78, 5) is 0. The van der Waals surface area contributed by atoms with Gasteiger partial charge in [0.1, 0.15) is 6.17 Å². The van der Waals surface area contributed by atoms with Gasteiger partial charge in [-0.25, -0.2) is 4.39 Å². The number of hydrogen-bond donors (Lipinski definition) is 1. The van der Waals surface area contributed by atoms with Crippen LogP contribution in [0.5, 0.6) is 0 Å². The van der Waals surface area contributed by atoms with Crippen LogP contribution in [0.2, 0.25) is 0 Å². The molecule has 0 saturated carbocycles. The van der Waals surface area contributed by atoms with Gasteiger partial charge in [-0.1, -0.05) is 24.3 Å². The second-order valence-electron chi connectivity index (χ2n) is 3.25. The van der Waals surface area contributed by atoms with E-state index < -0.39 is 6.17 Å². The van der Waals surface area contributed by atoms with Crippen LogP contribution < -0.4 is 5.73 Å². The molecule has 72 valence electrons. The van der Waals surface area contributed by atoms with Gasteiger partial charge < -0.3 is 5.73 Å². The Kier molecular flexibility index (Phi) is 3.90. The third kappa shape index (κ3) is 3.15. The molecule has 2 heteroatoms. The first kappa shape index (κ1) is 10.2. The van der Waals surface area contributed by atoms with Crippen molar-refractivity contribution >= 4 is 0 Å². The monoisotopic (exact) mass is 181 g/mol. The largest absolute Gasteiger partial charge is 0.330 e. The highest BCUT2D eigenvalue weighted by Gasteiger charge is 2.01. The van der Waals surface area contributed by atoms with E-state index in [1.165, 1.54) is 5.56 Å². The number of benzene rings is 1. The molecular formula is C11H16FN.